The molecule has 8 nitrogen and oxygen atoms in total. The van der Waals surface area contributed by atoms with Gasteiger partial charge in [-0.05, 0) is 67.8 Å². The van der Waals surface area contributed by atoms with E-state index in [1.807, 2.05) is 24.3 Å². The molecule has 11 heteroatoms. The van der Waals surface area contributed by atoms with Crippen molar-refractivity contribution in [2.45, 2.75) is 32.1 Å². The van der Waals surface area contributed by atoms with Crippen LogP contribution in [0.5, 0.6) is 0 Å². The van der Waals surface area contributed by atoms with Crippen molar-refractivity contribution in [1.82, 2.24) is 24.6 Å². The average Bonchev–Trinajstić information content (AvgIpc) is 3.28. The number of hydrogen-bond donors (Lipinski definition) is 2. The van der Waals surface area contributed by atoms with Crippen molar-refractivity contribution >= 4 is 40.1 Å². The summed E-state index contributed by atoms with van der Waals surface area (Å²) in [5, 5.41) is 5.66. The molecule has 1 aliphatic heterocycles. The number of alkyl halides is 2. The molecule has 2 aromatic heterocycles. The van der Waals surface area contributed by atoms with E-state index in [4.69, 9.17) is 0 Å². The van der Waals surface area contributed by atoms with E-state index in [1.165, 1.54) is 11.5 Å². The number of aromatic nitrogens is 3. The van der Waals surface area contributed by atoms with E-state index in [2.05, 4.69) is 25.0 Å². The van der Waals surface area contributed by atoms with Gasteiger partial charge in [0, 0.05) is 48.3 Å². The van der Waals surface area contributed by atoms with Gasteiger partial charge in [0.2, 0.25) is 0 Å². The lowest BCUT2D eigenvalue weighted by Crippen LogP contribution is -2.45. The molecule has 5 rings (SSSR count). The highest BCUT2D eigenvalue weighted by Crippen LogP contribution is 2.26. The largest absolute Gasteiger partial charge is 0.351 e. The average molecular weight is 551 g/mol. The van der Waals surface area contributed by atoms with Crippen molar-refractivity contribution in [2.75, 3.05) is 31.5 Å². The molecule has 2 aromatic carbocycles. The molecular formula is C28H28F2N6O2S. The minimum atomic E-state index is -2.66. The van der Waals surface area contributed by atoms with Gasteiger partial charge in [-0.25, -0.2) is 13.8 Å². The van der Waals surface area contributed by atoms with Gasteiger partial charge in [0.25, 0.3) is 17.7 Å². The van der Waals surface area contributed by atoms with Crippen molar-refractivity contribution in [2.24, 2.45) is 0 Å². The fourth-order valence-corrected chi connectivity index (χ4v) is 5.52. The molecule has 2 amide bonds. The van der Waals surface area contributed by atoms with Gasteiger partial charge in [-0.15, -0.1) is 0 Å². The molecule has 1 aliphatic rings. The standard InChI is InChI=1S/C28H28F2N6O2S/c1-18-25(24(39-35-18)15-21-16-32-22-5-2-3-6-23(22)33-21)27(38)34-20-9-7-19(8-10-20)26(37)31-12-14-36-13-4-11-28(29,30)17-36/h2-3,5-10,16H,4,11-15,17H2,1H3,(H,31,37)(H,34,38). The minimum Gasteiger partial charge on any atom is -0.351 e. The van der Waals surface area contributed by atoms with Gasteiger partial charge < -0.3 is 10.6 Å². The summed E-state index contributed by atoms with van der Waals surface area (Å²) < 4.78 is 31.5. The number of hydrogen-bond acceptors (Lipinski definition) is 7. The molecule has 0 aliphatic carbocycles. The van der Waals surface area contributed by atoms with Gasteiger partial charge in [-0.2, -0.15) is 4.37 Å². The molecule has 0 atom stereocenters. The van der Waals surface area contributed by atoms with E-state index in [0.29, 0.717) is 48.4 Å². The number of rotatable bonds is 8. The van der Waals surface area contributed by atoms with Crippen LogP contribution in [0.15, 0.2) is 54.7 Å². The summed E-state index contributed by atoms with van der Waals surface area (Å²) in [6.45, 7) is 2.78. The predicted octanol–water partition coefficient (Wildman–Crippen LogP) is 4.70. The smallest absolute Gasteiger partial charge is 0.260 e. The van der Waals surface area contributed by atoms with Crippen LogP contribution in [-0.4, -0.2) is 63.2 Å². The zero-order valence-corrected chi connectivity index (χ0v) is 22.2. The Morgan fingerprint density at radius 2 is 1.85 bits per heavy atom. The first-order valence-corrected chi connectivity index (χ1v) is 13.5. The highest BCUT2D eigenvalue weighted by molar-refractivity contribution is 7.06. The summed E-state index contributed by atoms with van der Waals surface area (Å²) in [6.07, 6.45) is 2.51. The molecule has 3 heterocycles. The number of nitrogens with one attached hydrogen (secondary N) is 2. The fraction of sp³-hybridized carbons (Fsp3) is 0.321. The van der Waals surface area contributed by atoms with Crippen LogP contribution < -0.4 is 10.6 Å². The molecule has 2 N–H and O–H groups in total. The number of carbonyl (C=O) groups excluding carboxylic acids is 2. The Labute approximate surface area is 228 Å². The SMILES string of the molecule is Cc1nsc(Cc2cnc3ccccc3n2)c1C(=O)Nc1ccc(C(=O)NCCN2CCCC(F)(F)C2)cc1. The normalized spacial score (nSPS) is 15.3. The van der Waals surface area contributed by atoms with Gasteiger partial charge >= 0.3 is 0 Å². The molecule has 39 heavy (non-hydrogen) atoms. The number of carbonyl (C=O) groups is 2. The predicted molar refractivity (Wildman–Crippen MR) is 147 cm³/mol. The second-order valence-corrected chi connectivity index (χ2v) is 10.5. The number of aryl methyl sites for hydroxylation is 1. The molecule has 0 radical (unpaired) electrons. The quantitative estimate of drug-likeness (QED) is 0.330. The molecule has 4 aromatic rings. The molecule has 202 valence electrons. The van der Waals surface area contributed by atoms with Gasteiger partial charge in [0.15, 0.2) is 0 Å². The molecule has 0 saturated carbocycles. The molecular weight excluding hydrogens is 522 g/mol. The van der Waals surface area contributed by atoms with E-state index in [1.54, 1.807) is 42.3 Å². The number of fused-ring (bicyclic) bond motifs is 1. The first-order chi connectivity index (χ1) is 18.8. The van der Waals surface area contributed by atoms with Gasteiger partial charge in [-0.1, -0.05) is 12.1 Å². The number of piperidine rings is 1. The Balaban J connectivity index is 1.18. The van der Waals surface area contributed by atoms with E-state index in [9.17, 15) is 18.4 Å². The first kappa shape index (κ1) is 26.8. The van der Waals surface area contributed by atoms with Crippen LogP contribution in [0.2, 0.25) is 0 Å². The third-order valence-electron chi connectivity index (χ3n) is 6.59. The number of nitrogens with zero attached hydrogens (tertiary/aromatic N) is 4. The van der Waals surface area contributed by atoms with Crippen molar-refractivity contribution in [1.29, 1.82) is 0 Å². The maximum atomic E-state index is 13.5. The van der Waals surface area contributed by atoms with Crippen LogP contribution in [0.4, 0.5) is 14.5 Å². The van der Waals surface area contributed by atoms with Crippen molar-refractivity contribution in [3.05, 3.63) is 82.1 Å². The Kier molecular flexibility index (Phi) is 7.89. The molecule has 1 fully saturated rings. The topological polar surface area (TPSA) is 100 Å². The van der Waals surface area contributed by atoms with E-state index >= 15 is 0 Å². The molecule has 0 spiro atoms. The van der Waals surface area contributed by atoms with Crippen LogP contribution in [0.1, 0.15) is 49.8 Å². The summed E-state index contributed by atoms with van der Waals surface area (Å²) >= 11 is 1.26. The van der Waals surface area contributed by atoms with Gasteiger partial charge in [-0.3, -0.25) is 19.5 Å². The monoisotopic (exact) mass is 550 g/mol. The summed E-state index contributed by atoms with van der Waals surface area (Å²) in [5.74, 6) is -3.25. The summed E-state index contributed by atoms with van der Waals surface area (Å²) in [4.78, 5) is 37.2. The zero-order valence-electron chi connectivity index (χ0n) is 21.4. The maximum absolute atomic E-state index is 13.5. The lowest BCUT2D eigenvalue weighted by molar-refractivity contribution is -0.0632. The number of likely N-dealkylation sites (tertiary alicyclic amines) is 1. The summed E-state index contributed by atoms with van der Waals surface area (Å²) in [6, 6.07) is 14.2. The van der Waals surface area contributed by atoms with Crippen molar-refractivity contribution in [3.63, 3.8) is 0 Å². The fourth-order valence-electron chi connectivity index (χ4n) is 4.64. The van der Waals surface area contributed by atoms with Crippen LogP contribution in [0.25, 0.3) is 11.0 Å². The van der Waals surface area contributed by atoms with E-state index in [-0.39, 0.29) is 31.3 Å². The van der Waals surface area contributed by atoms with Crippen molar-refractivity contribution < 1.29 is 18.4 Å². The Morgan fingerprint density at radius 1 is 1.08 bits per heavy atom. The summed E-state index contributed by atoms with van der Waals surface area (Å²) in [7, 11) is 0. The molecule has 0 unspecified atom stereocenters. The van der Waals surface area contributed by atoms with E-state index < -0.39 is 5.92 Å². The van der Waals surface area contributed by atoms with Crippen LogP contribution in [0, 0.1) is 6.92 Å². The van der Waals surface area contributed by atoms with Crippen LogP contribution >= 0.6 is 11.5 Å². The third-order valence-corrected chi connectivity index (χ3v) is 7.52. The lowest BCUT2D eigenvalue weighted by atomic mass is 10.1. The Bertz CT molecular complexity index is 1490. The van der Waals surface area contributed by atoms with E-state index in [0.717, 1.165) is 21.6 Å². The Hall–Kier alpha value is -3.83. The molecule has 1 saturated heterocycles. The second kappa shape index (κ2) is 11.5. The van der Waals surface area contributed by atoms with Gasteiger partial charge in [0.05, 0.1) is 34.5 Å². The van der Waals surface area contributed by atoms with Crippen LogP contribution in [0.3, 0.4) is 0 Å². The van der Waals surface area contributed by atoms with Crippen LogP contribution in [-0.2, 0) is 6.42 Å². The first-order valence-electron chi connectivity index (χ1n) is 12.7. The zero-order chi connectivity index (χ0) is 27.4. The summed E-state index contributed by atoms with van der Waals surface area (Å²) in [5.41, 5.74) is 4.43. The maximum Gasteiger partial charge on any atom is 0.260 e. The van der Waals surface area contributed by atoms with Crippen molar-refractivity contribution in [3.8, 4) is 0 Å². The number of halogens is 2. The number of amides is 2. The molecule has 0 bridgehead atoms. The number of para-hydroxylation sites is 2. The minimum absolute atomic E-state index is 0.0817. The van der Waals surface area contributed by atoms with Gasteiger partial charge in [0.1, 0.15) is 0 Å². The highest BCUT2D eigenvalue weighted by atomic mass is 32.1. The number of anilines is 1. The number of benzene rings is 2. The Morgan fingerprint density at radius 3 is 2.62 bits per heavy atom. The third kappa shape index (κ3) is 6.61. The second-order valence-electron chi connectivity index (χ2n) is 9.62. The lowest BCUT2D eigenvalue weighted by Gasteiger charge is -2.32. The highest BCUT2D eigenvalue weighted by Gasteiger charge is 2.34.